The number of H-pyrrole nitrogens is 2. The van der Waals surface area contributed by atoms with Gasteiger partial charge in [0, 0.05) is 36.6 Å². The van der Waals surface area contributed by atoms with E-state index in [0.29, 0.717) is 42.5 Å². The third-order valence-electron chi connectivity index (χ3n) is 5.27. The maximum Gasteiger partial charge on any atom is 0.252 e. The Morgan fingerprint density at radius 1 is 1.27 bits per heavy atom. The Hall–Kier alpha value is -3.69. The smallest absolute Gasteiger partial charge is 0.252 e. The van der Waals surface area contributed by atoms with E-state index in [4.69, 9.17) is 11.0 Å². The Morgan fingerprint density at radius 2 is 2.00 bits per heavy atom. The molecule has 3 rings (SSSR count). The number of benzene rings is 1. The van der Waals surface area contributed by atoms with Crippen LogP contribution in [0.2, 0.25) is 0 Å². The van der Waals surface area contributed by atoms with Crippen molar-refractivity contribution in [2.24, 2.45) is 0 Å². The fraction of sp³-hybridized carbons (Fsp3) is 0.333. The van der Waals surface area contributed by atoms with Gasteiger partial charge in [0.05, 0.1) is 16.2 Å². The van der Waals surface area contributed by atoms with Gasteiger partial charge in [0.25, 0.3) is 5.91 Å². The molecule has 0 saturated carbocycles. The van der Waals surface area contributed by atoms with E-state index in [-0.39, 0.29) is 28.4 Å². The summed E-state index contributed by atoms with van der Waals surface area (Å²) in [7, 11) is -3.74. The molecule has 0 atom stereocenters. The number of carbonyl (C=O) groups excluding carboxylic acids is 1. The molecule has 0 saturated heterocycles. The molecule has 2 aromatic heterocycles. The number of anilines is 1. The molecule has 0 bridgehead atoms. The van der Waals surface area contributed by atoms with Crippen molar-refractivity contribution in [3.63, 3.8) is 0 Å². The van der Waals surface area contributed by atoms with Crippen molar-refractivity contribution >= 4 is 32.7 Å². The Balaban J connectivity index is 1.83. The molecule has 174 valence electrons. The monoisotopic (exact) mass is 471 g/mol. The minimum atomic E-state index is -3.74. The van der Waals surface area contributed by atoms with Crippen molar-refractivity contribution < 1.29 is 13.2 Å². The van der Waals surface area contributed by atoms with Gasteiger partial charge in [-0.05, 0) is 31.0 Å². The number of aryl methyl sites for hydroxylation is 1. The van der Waals surface area contributed by atoms with Crippen LogP contribution in [0.4, 0.5) is 5.82 Å². The number of nitriles is 1. The first-order valence-electron chi connectivity index (χ1n) is 10.4. The van der Waals surface area contributed by atoms with Crippen molar-refractivity contribution in [3.8, 4) is 6.07 Å². The van der Waals surface area contributed by atoms with Crippen LogP contribution in [0.25, 0.3) is 10.9 Å². The van der Waals surface area contributed by atoms with Gasteiger partial charge in [-0.25, -0.2) is 8.42 Å². The highest BCUT2D eigenvalue weighted by Crippen LogP contribution is 2.23. The fourth-order valence-corrected chi connectivity index (χ4v) is 5.04. The molecule has 0 fully saturated rings. The van der Waals surface area contributed by atoms with Crippen molar-refractivity contribution in [2.45, 2.75) is 31.6 Å². The summed E-state index contributed by atoms with van der Waals surface area (Å²) in [5.41, 5.74) is 6.44. The first-order chi connectivity index (χ1) is 15.7. The van der Waals surface area contributed by atoms with Gasteiger partial charge in [-0.15, -0.1) is 0 Å². The summed E-state index contributed by atoms with van der Waals surface area (Å²) < 4.78 is 27.1. The van der Waals surface area contributed by atoms with Crippen LogP contribution in [0.15, 0.2) is 34.0 Å². The Kier molecular flexibility index (Phi) is 7.15. The number of sulfonamides is 1. The molecule has 5 N–H and O–H groups in total. The Morgan fingerprint density at radius 3 is 2.67 bits per heavy atom. The first-order valence-corrected chi connectivity index (χ1v) is 11.8. The summed E-state index contributed by atoms with van der Waals surface area (Å²) in [6.07, 6.45) is 0.931. The number of aromatic amines is 2. The number of amides is 1. The topological polar surface area (TPSA) is 178 Å². The second-order valence-corrected chi connectivity index (χ2v) is 9.22. The van der Waals surface area contributed by atoms with Crippen LogP contribution in [0.1, 0.15) is 41.9 Å². The molecule has 11 nitrogen and oxygen atoms in total. The lowest BCUT2D eigenvalue weighted by Crippen LogP contribution is -2.30. The van der Waals surface area contributed by atoms with Gasteiger partial charge in [0.2, 0.25) is 15.6 Å². The summed E-state index contributed by atoms with van der Waals surface area (Å²) in [5.74, 6) is -0.380. The van der Waals surface area contributed by atoms with Crippen molar-refractivity contribution in [3.05, 3.63) is 51.4 Å². The normalized spacial score (nSPS) is 11.6. The van der Waals surface area contributed by atoms with Crippen LogP contribution in [-0.2, 0) is 16.4 Å². The van der Waals surface area contributed by atoms with E-state index in [1.165, 1.54) is 22.5 Å². The van der Waals surface area contributed by atoms with E-state index in [1.807, 2.05) is 6.07 Å². The number of nitrogens with two attached hydrogens (primary N) is 1. The van der Waals surface area contributed by atoms with Crippen LogP contribution in [0, 0.1) is 11.3 Å². The summed E-state index contributed by atoms with van der Waals surface area (Å²) in [5, 5.41) is 18.7. The van der Waals surface area contributed by atoms with Crippen LogP contribution in [0.5, 0.6) is 0 Å². The summed E-state index contributed by atoms with van der Waals surface area (Å²) in [6.45, 7) is 4.37. The highest BCUT2D eigenvalue weighted by atomic mass is 32.2. The number of pyridine rings is 1. The fourth-order valence-electron chi connectivity index (χ4n) is 3.56. The molecule has 1 aromatic carbocycles. The average molecular weight is 472 g/mol. The highest BCUT2D eigenvalue weighted by Gasteiger charge is 2.23. The standard InChI is InChI=1S/C21H25N7O4S/c1-3-28(4-2)33(31,32)13-7-8-17-14(10-13)15(11-19(29)25-17)21(30)24-9-5-6-18-16(12-22)20(23)27-26-18/h7-8,10-11H,3-6,9H2,1-2H3,(H,24,30)(H,25,29)(H3,23,26,27). The van der Waals surface area contributed by atoms with E-state index in [1.54, 1.807) is 13.8 Å². The van der Waals surface area contributed by atoms with Gasteiger partial charge in [0.1, 0.15) is 11.6 Å². The Bertz CT molecular complexity index is 1380. The van der Waals surface area contributed by atoms with Crippen LogP contribution >= 0.6 is 0 Å². The lowest BCUT2D eigenvalue weighted by molar-refractivity contribution is 0.0954. The molecule has 0 spiro atoms. The van der Waals surface area contributed by atoms with Gasteiger partial charge in [-0.2, -0.15) is 14.7 Å². The van der Waals surface area contributed by atoms with Gasteiger partial charge in [0.15, 0.2) is 5.82 Å². The zero-order valence-corrected chi connectivity index (χ0v) is 19.1. The van der Waals surface area contributed by atoms with E-state index in [9.17, 15) is 18.0 Å². The molecule has 0 aliphatic carbocycles. The van der Waals surface area contributed by atoms with Gasteiger partial charge >= 0.3 is 0 Å². The number of carbonyl (C=O) groups is 1. The zero-order chi connectivity index (χ0) is 24.2. The first kappa shape index (κ1) is 24.0. The van der Waals surface area contributed by atoms with Gasteiger partial charge in [-0.3, -0.25) is 14.7 Å². The summed E-state index contributed by atoms with van der Waals surface area (Å²) >= 11 is 0. The molecule has 12 heteroatoms. The second-order valence-electron chi connectivity index (χ2n) is 7.28. The second kappa shape index (κ2) is 9.85. The van der Waals surface area contributed by atoms with Crippen LogP contribution < -0.4 is 16.6 Å². The molecular formula is C21H25N7O4S. The molecular weight excluding hydrogens is 446 g/mol. The predicted molar refractivity (Wildman–Crippen MR) is 123 cm³/mol. The molecule has 0 aliphatic heterocycles. The zero-order valence-electron chi connectivity index (χ0n) is 18.3. The summed E-state index contributed by atoms with van der Waals surface area (Å²) in [4.78, 5) is 27.6. The average Bonchev–Trinajstić information content (AvgIpc) is 3.15. The molecule has 0 aliphatic rings. The quantitative estimate of drug-likeness (QED) is 0.337. The van der Waals surface area contributed by atoms with E-state index < -0.39 is 21.5 Å². The van der Waals surface area contributed by atoms with Crippen molar-refractivity contribution in [2.75, 3.05) is 25.4 Å². The minimum absolute atomic E-state index is 0.0423. The number of hydrogen-bond donors (Lipinski definition) is 4. The lowest BCUT2D eigenvalue weighted by Gasteiger charge is -2.19. The largest absolute Gasteiger partial charge is 0.381 e. The van der Waals surface area contributed by atoms with Crippen molar-refractivity contribution in [1.82, 2.24) is 24.8 Å². The number of nitrogen functional groups attached to an aromatic ring is 1. The third kappa shape index (κ3) is 4.89. The van der Waals surface area contributed by atoms with E-state index in [2.05, 4.69) is 20.5 Å². The Labute approximate surface area is 190 Å². The SMILES string of the molecule is CCN(CC)S(=O)(=O)c1ccc2[nH]c(=O)cc(C(=O)NCCCc3[nH]nc(N)c3C#N)c2c1. The molecule has 0 radical (unpaired) electrons. The predicted octanol–water partition coefficient (Wildman–Crippen LogP) is 1.10. The number of aromatic nitrogens is 3. The van der Waals surface area contributed by atoms with Crippen LogP contribution in [-0.4, -0.2) is 53.4 Å². The minimum Gasteiger partial charge on any atom is -0.381 e. The molecule has 33 heavy (non-hydrogen) atoms. The van der Waals surface area contributed by atoms with E-state index >= 15 is 0 Å². The van der Waals surface area contributed by atoms with E-state index in [0.717, 1.165) is 6.07 Å². The van der Waals surface area contributed by atoms with Gasteiger partial charge < -0.3 is 16.0 Å². The number of rotatable bonds is 9. The number of nitrogens with one attached hydrogen (secondary N) is 3. The van der Waals surface area contributed by atoms with Crippen molar-refractivity contribution in [1.29, 1.82) is 5.26 Å². The molecule has 0 unspecified atom stereocenters. The number of fused-ring (bicyclic) bond motifs is 1. The highest BCUT2D eigenvalue weighted by molar-refractivity contribution is 7.89. The maximum atomic E-state index is 12.9. The number of nitrogens with zero attached hydrogens (tertiary/aromatic N) is 3. The molecule has 1 amide bonds. The maximum absolute atomic E-state index is 12.9. The van der Waals surface area contributed by atoms with Gasteiger partial charge in [-0.1, -0.05) is 13.8 Å². The molecule has 3 aromatic rings. The number of hydrogen-bond acceptors (Lipinski definition) is 7. The third-order valence-corrected chi connectivity index (χ3v) is 7.32. The lowest BCUT2D eigenvalue weighted by atomic mass is 10.1. The summed E-state index contributed by atoms with van der Waals surface area (Å²) in [6, 6.07) is 7.43. The molecule has 2 heterocycles. The van der Waals surface area contributed by atoms with Crippen LogP contribution in [0.3, 0.4) is 0 Å².